The molecule has 0 N–H and O–H groups in total. The van der Waals surface area contributed by atoms with Crippen LogP contribution in [-0.2, 0) is 6.42 Å². The molecule has 0 spiro atoms. The maximum Gasteiger partial charge on any atom is 0.241 e. The molecule has 0 radical (unpaired) electrons. The van der Waals surface area contributed by atoms with Crippen LogP contribution < -0.4 is 0 Å². The largest absolute Gasteiger partial charge is 0.337 e. The topological polar surface area (TPSA) is 38.9 Å². The molecule has 76 valence electrons. The van der Waals surface area contributed by atoms with E-state index in [0.717, 1.165) is 12.3 Å². The second-order valence-corrected chi connectivity index (χ2v) is 5.53. The Balaban J connectivity index is 1.90. The van der Waals surface area contributed by atoms with Gasteiger partial charge in [0, 0.05) is 27.5 Å². The number of fused-ring (bicyclic) bond motifs is 1. The molecule has 15 heavy (non-hydrogen) atoms. The Hall–Kier alpha value is -0.560. The maximum atomic E-state index is 5.19. The molecule has 1 unspecified atom stereocenters. The Morgan fingerprint density at radius 3 is 3.00 bits per heavy atom. The summed E-state index contributed by atoms with van der Waals surface area (Å²) in [6.07, 6.45) is 0.985. The molecule has 1 aromatic heterocycles. The fourth-order valence-corrected chi connectivity index (χ4v) is 3.23. The third-order valence-corrected chi connectivity index (χ3v) is 4.08. The van der Waals surface area contributed by atoms with Crippen LogP contribution in [0.1, 0.15) is 16.7 Å². The Morgan fingerprint density at radius 1 is 1.40 bits per heavy atom. The van der Waals surface area contributed by atoms with Gasteiger partial charge in [0.1, 0.15) is 0 Å². The lowest BCUT2D eigenvalue weighted by atomic mass is 10.1. The molecule has 1 aliphatic heterocycles. The molecule has 0 bridgehead atoms. The van der Waals surface area contributed by atoms with Crippen molar-refractivity contribution in [3.8, 4) is 0 Å². The number of rotatable bonds is 1. The van der Waals surface area contributed by atoms with E-state index in [2.05, 4.69) is 57.0 Å². The summed E-state index contributed by atoms with van der Waals surface area (Å²) in [6.45, 7) is 0. The van der Waals surface area contributed by atoms with Gasteiger partial charge in [0.05, 0.1) is 5.25 Å². The molecular weight excluding hydrogens is 323 g/mol. The number of hydrogen-bond donors (Lipinski definition) is 0. The van der Waals surface area contributed by atoms with E-state index in [1.165, 1.54) is 10.5 Å². The van der Waals surface area contributed by atoms with E-state index in [1.807, 2.05) is 0 Å². The quantitative estimate of drug-likeness (QED) is 0.754. The monoisotopic (exact) mass is 330 g/mol. The zero-order chi connectivity index (χ0) is 10.3. The van der Waals surface area contributed by atoms with Gasteiger partial charge in [-0.15, -0.1) is 11.8 Å². The van der Waals surface area contributed by atoms with Crippen molar-refractivity contribution in [3.05, 3.63) is 39.6 Å². The van der Waals surface area contributed by atoms with E-state index in [1.54, 1.807) is 11.8 Å². The van der Waals surface area contributed by atoms with E-state index < -0.39 is 0 Å². The van der Waals surface area contributed by atoms with E-state index >= 15 is 0 Å². The molecule has 5 heteroatoms. The maximum absolute atomic E-state index is 5.19. The van der Waals surface area contributed by atoms with Crippen molar-refractivity contribution in [3.63, 3.8) is 0 Å². The van der Waals surface area contributed by atoms with E-state index in [-0.39, 0.29) is 0 Å². The molecule has 1 aliphatic rings. The molecule has 3 nitrogen and oxygen atoms in total. The normalized spacial score (nSPS) is 19.1. The van der Waals surface area contributed by atoms with Crippen LogP contribution in [-0.4, -0.2) is 10.1 Å². The van der Waals surface area contributed by atoms with Crippen LogP contribution in [0.4, 0.5) is 0 Å². The van der Waals surface area contributed by atoms with Gasteiger partial charge < -0.3 is 4.52 Å². The van der Waals surface area contributed by atoms with Gasteiger partial charge in [-0.25, -0.2) is 0 Å². The lowest BCUT2D eigenvalue weighted by molar-refractivity contribution is 0.373. The first-order valence-corrected chi connectivity index (χ1v) is 6.52. The average molecular weight is 330 g/mol. The van der Waals surface area contributed by atoms with Gasteiger partial charge in [-0.1, -0.05) is 23.4 Å². The first-order valence-electron chi connectivity index (χ1n) is 4.56. The van der Waals surface area contributed by atoms with Gasteiger partial charge in [-0.05, 0) is 18.1 Å². The predicted octanol–water partition coefficient (Wildman–Crippen LogP) is 3.06. The Bertz CT molecular complexity index is 475. The van der Waals surface area contributed by atoms with Crippen molar-refractivity contribution >= 4 is 34.4 Å². The molecule has 1 atom stereocenters. The molecule has 0 amide bonds. The summed E-state index contributed by atoms with van der Waals surface area (Å²) in [5, 5.41) is 4.10. The summed E-state index contributed by atoms with van der Waals surface area (Å²) in [7, 11) is 0. The Labute approximate surface area is 105 Å². The highest BCUT2D eigenvalue weighted by molar-refractivity contribution is 14.1. The zero-order valence-electron chi connectivity index (χ0n) is 7.68. The van der Waals surface area contributed by atoms with Gasteiger partial charge in [-0.3, -0.25) is 0 Å². The summed E-state index contributed by atoms with van der Waals surface area (Å²) in [6, 6.07) is 8.43. The third kappa shape index (κ3) is 1.78. The zero-order valence-corrected chi connectivity index (χ0v) is 10.7. The van der Waals surface area contributed by atoms with E-state index in [9.17, 15) is 0 Å². The highest BCUT2D eigenvalue weighted by atomic mass is 127. The number of nitrogens with zero attached hydrogens (tertiary/aromatic N) is 2. The first kappa shape index (κ1) is 9.65. The number of hydrogen-bond acceptors (Lipinski definition) is 4. The van der Waals surface area contributed by atoms with Crippen LogP contribution in [0.3, 0.4) is 0 Å². The fourth-order valence-electron chi connectivity index (χ4n) is 1.67. The molecule has 0 saturated heterocycles. The third-order valence-electron chi connectivity index (χ3n) is 2.34. The molecule has 0 aliphatic carbocycles. The Kier molecular flexibility index (Phi) is 2.44. The molecule has 0 fully saturated rings. The summed E-state index contributed by atoms with van der Waals surface area (Å²) in [4.78, 5) is 5.59. The number of benzene rings is 1. The first-order chi connectivity index (χ1) is 7.33. The van der Waals surface area contributed by atoms with Gasteiger partial charge in [0.25, 0.3) is 0 Å². The lowest BCUT2D eigenvalue weighted by Crippen LogP contribution is -1.92. The number of thioether (sulfide) groups is 1. The summed E-state index contributed by atoms with van der Waals surface area (Å²) in [5.74, 6) is 0.737. The van der Waals surface area contributed by atoms with Gasteiger partial charge in [-0.2, -0.15) is 4.98 Å². The van der Waals surface area contributed by atoms with Crippen molar-refractivity contribution in [1.82, 2.24) is 10.1 Å². The van der Waals surface area contributed by atoms with Crippen LogP contribution in [0.15, 0.2) is 33.7 Å². The van der Waals surface area contributed by atoms with Crippen molar-refractivity contribution < 1.29 is 4.52 Å². The predicted molar refractivity (Wildman–Crippen MR) is 65.8 cm³/mol. The second-order valence-electron chi connectivity index (χ2n) is 3.32. The van der Waals surface area contributed by atoms with Crippen LogP contribution in [0.2, 0.25) is 0 Å². The van der Waals surface area contributed by atoms with Gasteiger partial charge in [0.2, 0.25) is 9.72 Å². The number of aromatic nitrogens is 2. The van der Waals surface area contributed by atoms with Gasteiger partial charge >= 0.3 is 0 Å². The molecular formula is C10H7IN2OS. The lowest BCUT2D eigenvalue weighted by Gasteiger charge is -1.99. The highest BCUT2D eigenvalue weighted by Gasteiger charge is 2.27. The minimum Gasteiger partial charge on any atom is -0.337 e. The molecule has 2 aromatic rings. The van der Waals surface area contributed by atoms with Crippen LogP contribution in [0.25, 0.3) is 0 Å². The minimum absolute atomic E-state index is 0.290. The molecule has 1 aromatic carbocycles. The summed E-state index contributed by atoms with van der Waals surface area (Å²) < 4.78 is 5.87. The van der Waals surface area contributed by atoms with Gasteiger partial charge in [0.15, 0.2) is 0 Å². The van der Waals surface area contributed by atoms with Crippen LogP contribution in [0, 0.1) is 3.83 Å². The van der Waals surface area contributed by atoms with Crippen molar-refractivity contribution in [1.29, 1.82) is 0 Å². The van der Waals surface area contributed by atoms with Crippen molar-refractivity contribution in [2.24, 2.45) is 0 Å². The van der Waals surface area contributed by atoms with Crippen LogP contribution >= 0.6 is 34.4 Å². The highest BCUT2D eigenvalue weighted by Crippen LogP contribution is 2.45. The average Bonchev–Trinajstić information content (AvgIpc) is 2.82. The van der Waals surface area contributed by atoms with Crippen molar-refractivity contribution in [2.75, 3.05) is 0 Å². The Morgan fingerprint density at radius 2 is 2.27 bits per heavy atom. The van der Waals surface area contributed by atoms with E-state index in [0.29, 0.717) is 9.08 Å². The molecule has 3 rings (SSSR count). The summed E-state index contributed by atoms with van der Waals surface area (Å²) >= 11 is 3.86. The SMILES string of the molecule is Ic1noc(C2Cc3ccccc3S2)n1. The fraction of sp³-hybridized carbons (Fsp3) is 0.200. The molecule has 0 saturated carbocycles. The second kappa shape index (κ2) is 3.79. The van der Waals surface area contributed by atoms with Crippen LogP contribution in [0.5, 0.6) is 0 Å². The minimum atomic E-state index is 0.290. The van der Waals surface area contributed by atoms with Crippen molar-refractivity contribution in [2.45, 2.75) is 16.6 Å². The number of halogens is 1. The standard InChI is InChI=1S/C10H7IN2OS/c11-10-12-9(14-13-10)8-5-6-3-1-2-4-7(6)15-8/h1-4,8H,5H2. The summed E-state index contributed by atoms with van der Waals surface area (Å²) in [5.41, 5.74) is 1.38. The smallest absolute Gasteiger partial charge is 0.241 e. The molecule has 2 heterocycles. The van der Waals surface area contributed by atoms with E-state index in [4.69, 9.17) is 4.52 Å².